The van der Waals surface area contributed by atoms with E-state index < -0.39 is 17.4 Å². The van der Waals surface area contributed by atoms with E-state index in [-0.39, 0.29) is 19.4 Å². The van der Waals surface area contributed by atoms with Crippen LogP contribution in [-0.4, -0.2) is 34.5 Å². The van der Waals surface area contributed by atoms with E-state index in [4.69, 9.17) is 5.26 Å². The molecule has 2 rings (SSSR count). The summed E-state index contributed by atoms with van der Waals surface area (Å²) in [6.07, 6.45) is 0.381. The molecule has 0 spiro atoms. The van der Waals surface area contributed by atoms with E-state index >= 15 is 0 Å². The number of aliphatic hydroxyl groups is 1. The lowest BCUT2D eigenvalue weighted by atomic mass is 9.75. The summed E-state index contributed by atoms with van der Waals surface area (Å²) in [5.74, 6) is -5.15. The van der Waals surface area contributed by atoms with Gasteiger partial charge in [0.05, 0.1) is 11.6 Å². The SMILES string of the molecule is CN(Cc1ccc(C#N)cc1)C(=O)C(F)(F)C1(O)CCC1. The Kier molecular flexibility index (Phi) is 3.97. The van der Waals surface area contributed by atoms with Gasteiger partial charge in [-0.15, -0.1) is 0 Å². The van der Waals surface area contributed by atoms with Gasteiger partial charge in [0.2, 0.25) is 0 Å². The van der Waals surface area contributed by atoms with Crippen LogP contribution in [0.1, 0.15) is 30.4 Å². The maximum Gasteiger partial charge on any atom is 0.352 e. The van der Waals surface area contributed by atoms with Crippen molar-refractivity contribution in [3.05, 3.63) is 35.4 Å². The Labute approximate surface area is 121 Å². The standard InChI is InChI=1S/C15H16F2N2O2/c1-19(10-12-5-3-11(9-18)4-6-12)13(20)15(16,17)14(21)7-2-8-14/h3-6,21H,2,7-8,10H2,1H3. The molecule has 0 saturated heterocycles. The van der Waals surface area contributed by atoms with Crippen molar-refractivity contribution in [1.82, 2.24) is 4.90 Å². The molecule has 1 saturated carbocycles. The molecule has 0 unspecified atom stereocenters. The Balaban J connectivity index is 2.07. The lowest BCUT2D eigenvalue weighted by Gasteiger charge is -2.42. The van der Waals surface area contributed by atoms with Crippen LogP contribution >= 0.6 is 0 Å². The molecule has 4 nitrogen and oxygen atoms in total. The van der Waals surface area contributed by atoms with Gasteiger partial charge in [-0.3, -0.25) is 4.79 Å². The van der Waals surface area contributed by atoms with Crippen molar-refractivity contribution in [1.29, 1.82) is 5.26 Å². The van der Waals surface area contributed by atoms with Gasteiger partial charge >= 0.3 is 5.92 Å². The molecule has 1 aromatic rings. The van der Waals surface area contributed by atoms with E-state index in [1.54, 1.807) is 24.3 Å². The smallest absolute Gasteiger partial charge is 0.352 e. The Morgan fingerprint density at radius 1 is 1.43 bits per heavy atom. The zero-order valence-corrected chi connectivity index (χ0v) is 11.6. The molecule has 1 fully saturated rings. The molecule has 1 aromatic carbocycles. The van der Waals surface area contributed by atoms with E-state index in [1.807, 2.05) is 6.07 Å². The number of carbonyl (C=O) groups excluding carboxylic acids is 1. The molecule has 112 valence electrons. The van der Waals surface area contributed by atoms with Gasteiger partial charge in [-0.05, 0) is 37.0 Å². The van der Waals surface area contributed by atoms with Crippen LogP contribution in [0.2, 0.25) is 0 Å². The summed E-state index contributed by atoms with van der Waals surface area (Å²) < 4.78 is 28.1. The highest BCUT2D eigenvalue weighted by atomic mass is 19.3. The number of nitrogens with zero attached hydrogens (tertiary/aromatic N) is 2. The first-order chi connectivity index (χ1) is 9.80. The molecule has 0 aromatic heterocycles. The number of amides is 1. The normalized spacial score (nSPS) is 16.7. The van der Waals surface area contributed by atoms with Crippen molar-refractivity contribution >= 4 is 5.91 Å². The van der Waals surface area contributed by atoms with Crippen molar-refractivity contribution in [2.75, 3.05) is 7.05 Å². The number of benzene rings is 1. The number of halogens is 2. The van der Waals surface area contributed by atoms with Gasteiger partial charge in [0.25, 0.3) is 5.91 Å². The van der Waals surface area contributed by atoms with Crippen LogP contribution in [-0.2, 0) is 11.3 Å². The highest BCUT2D eigenvalue weighted by Gasteiger charge is 2.61. The van der Waals surface area contributed by atoms with Gasteiger partial charge in [-0.25, -0.2) is 0 Å². The number of nitriles is 1. The maximum absolute atomic E-state index is 14.0. The van der Waals surface area contributed by atoms with Crippen LogP contribution in [0.25, 0.3) is 0 Å². The minimum Gasteiger partial charge on any atom is -0.383 e. The van der Waals surface area contributed by atoms with Gasteiger partial charge in [0.15, 0.2) is 0 Å². The predicted octanol–water partition coefficient (Wildman–Crippen LogP) is 2.07. The first-order valence-corrected chi connectivity index (χ1v) is 6.65. The van der Waals surface area contributed by atoms with Gasteiger partial charge < -0.3 is 10.0 Å². The fourth-order valence-electron chi connectivity index (χ4n) is 2.29. The van der Waals surface area contributed by atoms with Crippen LogP contribution < -0.4 is 0 Å². The third-order valence-corrected chi connectivity index (χ3v) is 3.88. The van der Waals surface area contributed by atoms with E-state index in [1.165, 1.54) is 7.05 Å². The summed E-state index contributed by atoms with van der Waals surface area (Å²) in [5, 5.41) is 18.4. The second-order valence-corrected chi connectivity index (χ2v) is 5.43. The Morgan fingerprint density at radius 3 is 2.43 bits per heavy atom. The fraction of sp³-hybridized carbons (Fsp3) is 0.467. The number of alkyl halides is 2. The molecule has 0 bridgehead atoms. The fourth-order valence-corrected chi connectivity index (χ4v) is 2.29. The van der Waals surface area contributed by atoms with Crippen molar-refractivity contribution < 1.29 is 18.7 Å². The lowest BCUT2D eigenvalue weighted by Crippen LogP contribution is -2.60. The third kappa shape index (κ3) is 2.74. The van der Waals surface area contributed by atoms with Crippen molar-refractivity contribution in [3.63, 3.8) is 0 Å². The van der Waals surface area contributed by atoms with Gasteiger partial charge in [-0.1, -0.05) is 12.1 Å². The molecule has 6 heteroatoms. The van der Waals surface area contributed by atoms with Gasteiger partial charge in [-0.2, -0.15) is 14.0 Å². The molecule has 1 N–H and O–H groups in total. The molecular weight excluding hydrogens is 278 g/mol. The predicted molar refractivity (Wildman–Crippen MR) is 71.4 cm³/mol. The summed E-state index contributed by atoms with van der Waals surface area (Å²) in [7, 11) is 1.27. The van der Waals surface area contributed by atoms with Crippen molar-refractivity contribution in [3.8, 4) is 6.07 Å². The highest BCUT2D eigenvalue weighted by Crippen LogP contribution is 2.45. The zero-order valence-electron chi connectivity index (χ0n) is 11.6. The number of hydrogen-bond acceptors (Lipinski definition) is 3. The number of hydrogen-bond donors (Lipinski definition) is 1. The van der Waals surface area contributed by atoms with E-state index in [2.05, 4.69) is 0 Å². The summed E-state index contributed by atoms with van der Waals surface area (Å²) in [4.78, 5) is 12.8. The second kappa shape index (κ2) is 5.41. The van der Waals surface area contributed by atoms with E-state index in [0.717, 1.165) is 4.90 Å². The van der Waals surface area contributed by atoms with Crippen molar-refractivity contribution in [2.45, 2.75) is 37.3 Å². The largest absolute Gasteiger partial charge is 0.383 e. The van der Waals surface area contributed by atoms with Gasteiger partial charge in [0.1, 0.15) is 5.60 Å². The Bertz CT molecular complexity index is 574. The van der Waals surface area contributed by atoms with Crippen LogP contribution in [0, 0.1) is 11.3 Å². The topological polar surface area (TPSA) is 64.3 Å². The quantitative estimate of drug-likeness (QED) is 0.924. The summed E-state index contributed by atoms with van der Waals surface area (Å²) in [6, 6.07) is 8.30. The van der Waals surface area contributed by atoms with Crippen LogP contribution in [0.5, 0.6) is 0 Å². The molecule has 0 heterocycles. The summed E-state index contributed by atoms with van der Waals surface area (Å²) >= 11 is 0. The second-order valence-electron chi connectivity index (χ2n) is 5.43. The van der Waals surface area contributed by atoms with Crippen LogP contribution in [0.15, 0.2) is 24.3 Å². The van der Waals surface area contributed by atoms with E-state index in [0.29, 0.717) is 17.5 Å². The number of rotatable bonds is 4. The molecule has 1 aliphatic carbocycles. The van der Waals surface area contributed by atoms with Crippen molar-refractivity contribution in [2.24, 2.45) is 0 Å². The molecule has 1 amide bonds. The Morgan fingerprint density at radius 2 is 2.00 bits per heavy atom. The minimum absolute atomic E-state index is 0.00376. The summed E-state index contributed by atoms with van der Waals surface area (Å²) in [5.41, 5.74) is -1.11. The molecule has 1 aliphatic rings. The maximum atomic E-state index is 14.0. The zero-order chi connectivity index (χ0) is 15.7. The molecule has 21 heavy (non-hydrogen) atoms. The highest BCUT2D eigenvalue weighted by molar-refractivity contribution is 5.85. The molecule has 0 atom stereocenters. The summed E-state index contributed by atoms with van der Waals surface area (Å²) in [6.45, 7) is -0.00376. The first-order valence-electron chi connectivity index (χ1n) is 6.65. The molecule has 0 radical (unpaired) electrons. The first kappa shape index (κ1) is 15.4. The van der Waals surface area contributed by atoms with Crippen LogP contribution in [0.3, 0.4) is 0 Å². The Hall–Kier alpha value is -2.00. The minimum atomic E-state index is -3.77. The average molecular weight is 294 g/mol. The molecular formula is C15H16F2N2O2. The average Bonchev–Trinajstić information content (AvgIpc) is 2.44. The van der Waals surface area contributed by atoms with Crippen LogP contribution in [0.4, 0.5) is 8.78 Å². The molecule has 0 aliphatic heterocycles. The van der Waals surface area contributed by atoms with E-state index in [9.17, 15) is 18.7 Å². The third-order valence-electron chi connectivity index (χ3n) is 3.88. The monoisotopic (exact) mass is 294 g/mol. The number of carbonyl (C=O) groups is 1. The van der Waals surface area contributed by atoms with Gasteiger partial charge in [0, 0.05) is 13.6 Å². The lowest BCUT2D eigenvalue weighted by molar-refractivity contribution is -0.223.